The third-order valence-corrected chi connectivity index (χ3v) is 6.87. The lowest BCUT2D eigenvalue weighted by Crippen LogP contribution is -2.43. The van der Waals surface area contributed by atoms with Crippen molar-refractivity contribution in [2.75, 3.05) is 13.2 Å². The molecule has 0 heterocycles. The Balaban J connectivity index is 1.79. The summed E-state index contributed by atoms with van der Waals surface area (Å²) in [5.74, 6) is 0.833. The number of aliphatic hydroxyl groups is 1. The third kappa shape index (κ3) is 2.53. The minimum absolute atomic E-state index is 0.0692. The second-order valence-corrected chi connectivity index (χ2v) is 7.95. The van der Waals surface area contributed by atoms with Crippen molar-refractivity contribution in [3.05, 3.63) is 0 Å². The summed E-state index contributed by atoms with van der Waals surface area (Å²) in [6.07, 6.45) is 6.93. The van der Waals surface area contributed by atoms with Crippen LogP contribution in [0.15, 0.2) is 0 Å². The van der Waals surface area contributed by atoms with Crippen LogP contribution in [0.25, 0.3) is 0 Å². The zero-order valence-corrected chi connectivity index (χ0v) is 13.7. The maximum atomic E-state index is 9.33. The van der Waals surface area contributed by atoms with E-state index in [1.807, 2.05) is 6.92 Å². The Morgan fingerprint density at radius 2 is 2.05 bits per heavy atom. The lowest BCUT2D eigenvalue weighted by atomic mass is 9.70. The van der Waals surface area contributed by atoms with Crippen molar-refractivity contribution in [3.63, 3.8) is 0 Å². The molecule has 4 atom stereocenters. The van der Waals surface area contributed by atoms with E-state index in [9.17, 15) is 5.11 Å². The Labute approximate surface area is 124 Å². The normalized spacial score (nSPS) is 38.1. The fourth-order valence-electron chi connectivity index (χ4n) is 4.40. The predicted octanol–water partition coefficient (Wildman–Crippen LogP) is 3.10. The van der Waals surface area contributed by atoms with E-state index >= 15 is 0 Å². The standard InChI is InChI=1S/C17H33NO2/c1-5-17(18,12-19)8-6-10-20-14-11-13-7-9-16(14,4)15(13,2)3/h13-14,19H,5-12,18H2,1-4H3. The van der Waals surface area contributed by atoms with Gasteiger partial charge in [-0.05, 0) is 55.3 Å². The van der Waals surface area contributed by atoms with Crippen molar-refractivity contribution in [1.82, 2.24) is 0 Å². The third-order valence-electron chi connectivity index (χ3n) is 6.87. The molecule has 118 valence electrons. The number of nitrogens with two attached hydrogens (primary N) is 1. The molecule has 3 N–H and O–H groups in total. The molecule has 0 aromatic carbocycles. The van der Waals surface area contributed by atoms with Gasteiger partial charge in [-0.15, -0.1) is 0 Å². The van der Waals surface area contributed by atoms with E-state index in [2.05, 4.69) is 20.8 Å². The van der Waals surface area contributed by atoms with Crippen LogP contribution in [0.3, 0.4) is 0 Å². The Morgan fingerprint density at radius 1 is 1.35 bits per heavy atom. The number of hydrogen-bond acceptors (Lipinski definition) is 3. The van der Waals surface area contributed by atoms with E-state index in [-0.39, 0.29) is 6.61 Å². The summed E-state index contributed by atoms with van der Waals surface area (Å²) >= 11 is 0. The van der Waals surface area contributed by atoms with Crippen molar-refractivity contribution in [3.8, 4) is 0 Å². The van der Waals surface area contributed by atoms with Gasteiger partial charge in [-0.3, -0.25) is 0 Å². The summed E-state index contributed by atoms with van der Waals surface area (Å²) < 4.78 is 6.22. The van der Waals surface area contributed by atoms with Crippen LogP contribution < -0.4 is 5.73 Å². The highest BCUT2D eigenvalue weighted by Crippen LogP contribution is 2.66. The molecule has 0 aromatic rings. The second-order valence-electron chi connectivity index (χ2n) is 7.95. The van der Waals surface area contributed by atoms with Crippen LogP contribution in [-0.2, 0) is 4.74 Å². The van der Waals surface area contributed by atoms with Crippen LogP contribution in [0.5, 0.6) is 0 Å². The van der Waals surface area contributed by atoms with Gasteiger partial charge in [0.15, 0.2) is 0 Å². The van der Waals surface area contributed by atoms with E-state index in [0.717, 1.165) is 31.8 Å². The Morgan fingerprint density at radius 3 is 2.50 bits per heavy atom. The van der Waals surface area contributed by atoms with Gasteiger partial charge >= 0.3 is 0 Å². The summed E-state index contributed by atoms with van der Waals surface area (Å²) in [5.41, 5.74) is 6.47. The van der Waals surface area contributed by atoms with Crippen LogP contribution in [0, 0.1) is 16.7 Å². The second kappa shape index (κ2) is 5.58. The minimum atomic E-state index is -0.415. The summed E-state index contributed by atoms with van der Waals surface area (Å²) in [4.78, 5) is 0. The Bertz CT molecular complexity index is 338. The lowest BCUT2D eigenvalue weighted by molar-refractivity contribution is -0.0489. The molecule has 4 unspecified atom stereocenters. The maximum Gasteiger partial charge on any atom is 0.0636 e. The lowest BCUT2D eigenvalue weighted by Gasteiger charge is -2.39. The molecule has 2 aliphatic carbocycles. The van der Waals surface area contributed by atoms with E-state index in [1.165, 1.54) is 19.3 Å². The molecule has 2 rings (SSSR count). The quantitative estimate of drug-likeness (QED) is 0.706. The molecule has 2 bridgehead atoms. The van der Waals surface area contributed by atoms with E-state index in [4.69, 9.17) is 10.5 Å². The number of rotatable bonds is 7. The SMILES string of the molecule is CCC(N)(CO)CCCOC1CC2CCC1(C)C2(C)C. The molecule has 20 heavy (non-hydrogen) atoms. The monoisotopic (exact) mass is 283 g/mol. The van der Waals surface area contributed by atoms with Gasteiger partial charge < -0.3 is 15.6 Å². The molecular weight excluding hydrogens is 250 g/mol. The molecule has 0 saturated heterocycles. The van der Waals surface area contributed by atoms with Gasteiger partial charge in [0.25, 0.3) is 0 Å². The van der Waals surface area contributed by atoms with E-state index in [0.29, 0.717) is 16.9 Å². The van der Waals surface area contributed by atoms with Gasteiger partial charge in [-0.1, -0.05) is 27.7 Å². The smallest absolute Gasteiger partial charge is 0.0636 e. The fourth-order valence-corrected chi connectivity index (χ4v) is 4.40. The molecule has 0 amide bonds. The first-order valence-electron chi connectivity index (χ1n) is 8.30. The molecule has 0 spiro atoms. The number of fused-ring (bicyclic) bond motifs is 2. The average Bonchev–Trinajstić information content (AvgIpc) is 2.76. The highest BCUT2D eigenvalue weighted by molar-refractivity contribution is 5.11. The van der Waals surface area contributed by atoms with E-state index < -0.39 is 5.54 Å². The minimum Gasteiger partial charge on any atom is -0.394 e. The molecule has 0 aliphatic heterocycles. The first kappa shape index (κ1) is 16.3. The molecule has 3 nitrogen and oxygen atoms in total. The van der Waals surface area contributed by atoms with Gasteiger partial charge in [-0.2, -0.15) is 0 Å². The van der Waals surface area contributed by atoms with Crippen LogP contribution in [0.4, 0.5) is 0 Å². The average molecular weight is 283 g/mol. The summed E-state index contributed by atoms with van der Waals surface area (Å²) in [5, 5.41) is 9.33. The molecule has 0 aromatic heterocycles. The zero-order chi connectivity index (χ0) is 15.0. The molecule has 2 saturated carbocycles. The summed E-state index contributed by atoms with van der Waals surface area (Å²) in [6.45, 7) is 10.1. The van der Waals surface area contributed by atoms with Crippen molar-refractivity contribution in [2.45, 2.75) is 77.9 Å². The first-order valence-corrected chi connectivity index (χ1v) is 8.30. The molecule has 2 fully saturated rings. The first-order chi connectivity index (χ1) is 9.29. The number of hydrogen-bond donors (Lipinski definition) is 2. The molecule has 3 heteroatoms. The van der Waals surface area contributed by atoms with Crippen LogP contribution >= 0.6 is 0 Å². The van der Waals surface area contributed by atoms with Crippen molar-refractivity contribution in [2.24, 2.45) is 22.5 Å². The van der Waals surface area contributed by atoms with Gasteiger partial charge in [0.1, 0.15) is 0 Å². The summed E-state index contributed by atoms with van der Waals surface area (Å²) in [7, 11) is 0. The topological polar surface area (TPSA) is 55.5 Å². The Kier molecular flexibility index (Phi) is 4.54. The summed E-state index contributed by atoms with van der Waals surface area (Å²) in [6, 6.07) is 0. The highest BCUT2D eigenvalue weighted by Gasteiger charge is 2.61. The van der Waals surface area contributed by atoms with Crippen LogP contribution in [0.1, 0.15) is 66.2 Å². The van der Waals surface area contributed by atoms with Gasteiger partial charge in [0.2, 0.25) is 0 Å². The van der Waals surface area contributed by atoms with E-state index in [1.54, 1.807) is 0 Å². The number of ether oxygens (including phenoxy) is 1. The highest BCUT2D eigenvalue weighted by atomic mass is 16.5. The number of aliphatic hydroxyl groups excluding tert-OH is 1. The van der Waals surface area contributed by atoms with Crippen molar-refractivity contribution >= 4 is 0 Å². The Hall–Kier alpha value is -0.120. The zero-order valence-electron chi connectivity index (χ0n) is 13.7. The maximum absolute atomic E-state index is 9.33. The van der Waals surface area contributed by atoms with Crippen molar-refractivity contribution < 1.29 is 9.84 Å². The van der Waals surface area contributed by atoms with Crippen LogP contribution in [0.2, 0.25) is 0 Å². The predicted molar refractivity (Wildman–Crippen MR) is 82.5 cm³/mol. The van der Waals surface area contributed by atoms with Gasteiger partial charge in [-0.25, -0.2) is 0 Å². The van der Waals surface area contributed by atoms with Gasteiger partial charge in [0.05, 0.1) is 12.7 Å². The fraction of sp³-hybridized carbons (Fsp3) is 1.00. The van der Waals surface area contributed by atoms with Crippen LogP contribution in [-0.4, -0.2) is 30.0 Å². The largest absolute Gasteiger partial charge is 0.394 e. The molecular formula is C17H33NO2. The van der Waals surface area contributed by atoms with Crippen molar-refractivity contribution in [1.29, 1.82) is 0 Å². The van der Waals surface area contributed by atoms with Gasteiger partial charge in [0, 0.05) is 12.1 Å². The molecule has 0 radical (unpaired) electrons. The molecule has 2 aliphatic rings.